The largest absolute Gasteiger partial charge is 0.418 e. The lowest BCUT2D eigenvalue weighted by atomic mass is 10.1. The van der Waals surface area contributed by atoms with E-state index >= 15 is 0 Å². The minimum Gasteiger partial charge on any atom is -0.395 e. The molecule has 20 heavy (non-hydrogen) atoms. The highest BCUT2D eigenvalue weighted by Crippen LogP contribution is 2.34. The fourth-order valence-electron chi connectivity index (χ4n) is 1.46. The number of anilines is 1. The number of carbonyl (C=O) groups excluding carboxylic acids is 1. The highest BCUT2D eigenvalue weighted by molar-refractivity contribution is 7.86. The average Bonchev–Trinajstić information content (AvgIpc) is 2.37. The second-order valence-corrected chi connectivity index (χ2v) is 5.86. The van der Waals surface area contributed by atoms with Gasteiger partial charge in [0.15, 0.2) is 0 Å². The minimum absolute atomic E-state index is 0.102. The number of nitrogens with one attached hydrogen (secondary N) is 1. The third kappa shape index (κ3) is 4.31. The molecule has 1 aromatic rings. The van der Waals surface area contributed by atoms with E-state index in [1.165, 1.54) is 19.1 Å². The molecule has 8 heteroatoms. The van der Waals surface area contributed by atoms with E-state index in [0.29, 0.717) is 0 Å². The monoisotopic (exact) mass is 309 g/mol. The van der Waals surface area contributed by atoms with Crippen LogP contribution in [0, 0.1) is 0 Å². The Kier molecular flexibility index (Phi) is 5.70. The van der Waals surface area contributed by atoms with Crippen molar-refractivity contribution in [3.63, 3.8) is 0 Å². The number of amides is 1. The van der Waals surface area contributed by atoms with Crippen LogP contribution in [-0.2, 0) is 21.8 Å². The van der Waals surface area contributed by atoms with Gasteiger partial charge in [-0.15, -0.1) is 0 Å². The number of alkyl halides is 3. The van der Waals surface area contributed by atoms with E-state index < -0.39 is 33.7 Å². The minimum atomic E-state index is -4.59. The first-order chi connectivity index (χ1) is 9.27. The number of rotatable bonds is 5. The number of hydrogen-bond acceptors (Lipinski definition) is 3. The first kappa shape index (κ1) is 16.6. The first-order valence-electron chi connectivity index (χ1n) is 5.72. The van der Waals surface area contributed by atoms with Gasteiger partial charge in [-0.2, -0.15) is 13.2 Å². The normalized spacial score (nSPS) is 14.7. The van der Waals surface area contributed by atoms with Crippen molar-refractivity contribution in [3.05, 3.63) is 29.8 Å². The predicted molar refractivity (Wildman–Crippen MR) is 69.6 cm³/mol. The summed E-state index contributed by atoms with van der Waals surface area (Å²) in [5.74, 6) is -0.885. The van der Waals surface area contributed by atoms with E-state index in [4.69, 9.17) is 5.11 Å². The van der Waals surface area contributed by atoms with Gasteiger partial charge in [0.1, 0.15) is 5.25 Å². The molecule has 0 bridgehead atoms. The Morgan fingerprint density at radius 3 is 2.55 bits per heavy atom. The van der Waals surface area contributed by atoms with Gasteiger partial charge in [0.2, 0.25) is 5.91 Å². The second kappa shape index (κ2) is 6.85. The van der Waals surface area contributed by atoms with Crippen LogP contribution in [0.5, 0.6) is 0 Å². The van der Waals surface area contributed by atoms with Gasteiger partial charge in [0.05, 0.1) is 17.9 Å². The Hall–Kier alpha value is -1.41. The van der Waals surface area contributed by atoms with E-state index in [2.05, 4.69) is 5.32 Å². The second-order valence-electron chi connectivity index (χ2n) is 3.98. The average molecular weight is 309 g/mol. The molecule has 1 rings (SSSR count). The van der Waals surface area contributed by atoms with Gasteiger partial charge >= 0.3 is 6.18 Å². The van der Waals surface area contributed by atoms with Crippen molar-refractivity contribution >= 4 is 22.4 Å². The molecule has 0 aliphatic carbocycles. The Balaban J connectivity index is 2.89. The molecule has 0 heterocycles. The molecule has 4 nitrogen and oxygen atoms in total. The molecular weight excluding hydrogens is 295 g/mol. The zero-order valence-corrected chi connectivity index (χ0v) is 11.4. The van der Waals surface area contributed by atoms with Crippen LogP contribution < -0.4 is 5.32 Å². The van der Waals surface area contributed by atoms with E-state index in [0.717, 1.165) is 12.1 Å². The van der Waals surface area contributed by atoms with Crippen molar-refractivity contribution in [1.29, 1.82) is 0 Å². The third-order valence-corrected chi connectivity index (χ3v) is 4.13. The lowest BCUT2D eigenvalue weighted by Gasteiger charge is -2.16. The highest BCUT2D eigenvalue weighted by Gasteiger charge is 2.34. The molecule has 0 spiro atoms. The van der Waals surface area contributed by atoms with E-state index in [-0.39, 0.29) is 18.0 Å². The lowest BCUT2D eigenvalue weighted by molar-refractivity contribution is -0.137. The molecule has 0 aromatic heterocycles. The van der Waals surface area contributed by atoms with Crippen molar-refractivity contribution in [3.8, 4) is 0 Å². The maximum atomic E-state index is 12.7. The number of aliphatic hydroxyl groups excluding tert-OH is 1. The van der Waals surface area contributed by atoms with Crippen LogP contribution in [0.25, 0.3) is 0 Å². The Labute approximate surface area is 116 Å². The number of carbonyl (C=O) groups is 1. The van der Waals surface area contributed by atoms with Crippen LogP contribution in [0.3, 0.4) is 0 Å². The first-order valence-corrected chi connectivity index (χ1v) is 7.10. The maximum absolute atomic E-state index is 12.7. The summed E-state index contributed by atoms with van der Waals surface area (Å²) in [6, 6.07) is 4.55. The van der Waals surface area contributed by atoms with Crippen molar-refractivity contribution in [1.82, 2.24) is 0 Å². The highest BCUT2D eigenvalue weighted by atomic mass is 32.2. The van der Waals surface area contributed by atoms with Gasteiger partial charge in [-0.1, -0.05) is 12.1 Å². The molecule has 0 fully saturated rings. The fourth-order valence-corrected chi connectivity index (χ4v) is 2.29. The van der Waals surface area contributed by atoms with Gasteiger partial charge < -0.3 is 10.4 Å². The number of hydrogen-bond donors (Lipinski definition) is 2. The summed E-state index contributed by atoms with van der Waals surface area (Å²) in [5, 5.41) is 9.75. The molecular formula is C12H14F3NO3S. The van der Waals surface area contributed by atoms with E-state index in [9.17, 15) is 22.2 Å². The summed E-state index contributed by atoms with van der Waals surface area (Å²) >= 11 is 0. The fraction of sp³-hybridized carbons (Fsp3) is 0.417. The molecule has 1 amide bonds. The summed E-state index contributed by atoms with van der Waals surface area (Å²) in [5.41, 5.74) is -1.34. The number of aliphatic hydroxyl groups is 1. The summed E-state index contributed by atoms with van der Waals surface area (Å²) in [6.07, 6.45) is -4.59. The van der Waals surface area contributed by atoms with Crippen molar-refractivity contribution in [2.45, 2.75) is 18.3 Å². The van der Waals surface area contributed by atoms with Gasteiger partial charge in [0.25, 0.3) is 0 Å². The standard InChI is InChI=1S/C12H14F3NO3S/c1-8(20(19)7-6-17)11(18)16-10-5-3-2-4-9(10)12(13,14)15/h2-5,8,17H,6-7H2,1H3,(H,16,18). The van der Waals surface area contributed by atoms with Gasteiger partial charge in [0, 0.05) is 16.6 Å². The lowest BCUT2D eigenvalue weighted by Crippen LogP contribution is -2.31. The molecule has 0 aliphatic heterocycles. The van der Waals surface area contributed by atoms with Crippen molar-refractivity contribution in [2.24, 2.45) is 0 Å². The molecule has 2 N–H and O–H groups in total. The number of halogens is 3. The molecule has 1 aromatic carbocycles. The number of benzene rings is 1. The molecule has 2 unspecified atom stereocenters. The molecule has 0 saturated carbocycles. The number of para-hydroxylation sites is 1. The SMILES string of the molecule is CC(C(=O)Nc1ccccc1C(F)(F)F)S(=O)CCO. The van der Waals surface area contributed by atoms with E-state index in [1.807, 2.05) is 0 Å². The molecule has 2 atom stereocenters. The smallest absolute Gasteiger partial charge is 0.395 e. The van der Waals surface area contributed by atoms with E-state index in [1.54, 1.807) is 0 Å². The van der Waals surface area contributed by atoms with Gasteiger partial charge in [-0.05, 0) is 19.1 Å². The summed E-state index contributed by atoms with van der Waals surface area (Å²) in [4.78, 5) is 11.8. The van der Waals surface area contributed by atoms with Crippen LogP contribution in [0.4, 0.5) is 18.9 Å². The van der Waals surface area contributed by atoms with Crippen molar-refractivity contribution in [2.75, 3.05) is 17.7 Å². The summed E-state index contributed by atoms with van der Waals surface area (Å²) < 4.78 is 49.7. The Morgan fingerprint density at radius 1 is 1.40 bits per heavy atom. The summed E-state index contributed by atoms with van der Waals surface area (Å²) in [7, 11) is -1.64. The van der Waals surface area contributed by atoms with Crippen LogP contribution in [0.15, 0.2) is 24.3 Å². The molecule has 0 aliphatic rings. The predicted octanol–water partition coefficient (Wildman–Crippen LogP) is 1.77. The maximum Gasteiger partial charge on any atom is 0.418 e. The van der Waals surface area contributed by atoms with Crippen LogP contribution in [0.2, 0.25) is 0 Å². The zero-order valence-electron chi connectivity index (χ0n) is 10.6. The van der Waals surface area contributed by atoms with Crippen LogP contribution in [-0.4, -0.2) is 32.8 Å². The van der Waals surface area contributed by atoms with Crippen LogP contribution in [0.1, 0.15) is 12.5 Å². The van der Waals surface area contributed by atoms with Gasteiger partial charge in [-0.3, -0.25) is 9.00 Å². The third-order valence-electron chi connectivity index (χ3n) is 2.55. The Bertz CT molecular complexity index is 505. The quantitative estimate of drug-likeness (QED) is 0.871. The topological polar surface area (TPSA) is 66.4 Å². The zero-order chi connectivity index (χ0) is 15.3. The molecule has 112 valence electrons. The molecule has 0 saturated heterocycles. The Morgan fingerprint density at radius 2 is 2.00 bits per heavy atom. The van der Waals surface area contributed by atoms with Gasteiger partial charge in [-0.25, -0.2) is 0 Å². The summed E-state index contributed by atoms with van der Waals surface area (Å²) in [6.45, 7) is 0.973. The van der Waals surface area contributed by atoms with Crippen molar-refractivity contribution < 1.29 is 27.3 Å². The molecule has 0 radical (unpaired) electrons. The van der Waals surface area contributed by atoms with Crippen LogP contribution >= 0.6 is 0 Å².